The molecule has 0 aliphatic heterocycles. The molecule has 0 fully saturated rings. The molecule has 7 nitrogen and oxygen atoms in total. The van der Waals surface area contributed by atoms with Crippen molar-refractivity contribution in [1.82, 2.24) is 0 Å². The fourth-order valence-corrected chi connectivity index (χ4v) is 5.59. The number of rotatable bonds is 8. The Morgan fingerprint density at radius 1 is 0.750 bits per heavy atom. The van der Waals surface area contributed by atoms with E-state index in [1.807, 2.05) is 18.2 Å². The first-order valence-electron chi connectivity index (χ1n) is 12.4. The summed E-state index contributed by atoms with van der Waals surface area (Å²) in [6, 6.07) is 5.54. The van der Waals surface area contributed by atoms with Crippen LogP contribution in [0.2, 0.25) is 18.1 Å². The molecule has 0 radical (unpaired) electrons. The van der Waals surface area contributed by atoms with E-state index >= 15 is 0 Å². The first-order valence-corrected chi connectivity index (χ1v) is 15.3. The minimum absolute atomic E-state index is 0.00719. The molecule has 0 saturated carbocycles. The lowest BCUT2D eigenvalue weighted by Crippen LogP contribution is -2.44. The quantitative estimate of drug-likeness (QED) is 0.335. The molecule has 200 valence electrons. The van der Waals surface area contributed by atoms with Crippen LogP contribution in [0.1, 0.15) is 56.7 Å². The zero-order valence-electron chi connectivity index (χ0n) is 23.5. The van der Waals surface area contributed by atoms with Gasteiger partial charge in [-0.2, -0.15) is 0 Å². The van der Waals surface area contributed by atoms with Crippen LogP contribution >= 0.6 is 0 Å². The summed E-state index contributed by atoms with van der Waals surface area (Å²) in [6.45, 7) is 11.0. The van der Waals surface area contributed by atoms with Crippen molar-refractivity contribution in [2.24, 2.45) is 0 Å². The lowest BCUT2D eigenvalue weighted by Gasteiger charge is -2.38. The van der Waals surface area contributed by atoms with Gasteiger partial charge in [-0.15, -0.1) is 0 Å². The lowest BCUT2D eigenvalue weighted by molar-refractivity contribution is 0.0693. The molecule has 0 bridgehead atoms. The highest BCUT2D eigenvalue weighted by Crippen LogP contribution is 2.53. The first-order chi connectivity index (χ1) is 16.9. The number of hydrogen-bond acceptors (Lipinski definition) is 7. The maximum atomic E-state index is 12.4. The van der Waals surface area contributed by atoms with Gasteiger partial charge in [0.1, 0.15) is 5.60 Å². The fourth-order valence-electron chi connectivity index (χ4n) is 4.58. The molecule has 0 amide bonds. The molecule has 2 aromatic rings. The van der Waals surface area contributed by atoms with Crippen molar-refractivity contribution < 1.29 is 33.2 Å². The van der Waals surface area contributed by atoms with Crippen LogP contribution in [0, 0.1) is 0 Å². The average molecular weight is 519 g/mol. The largest absolute Gasteiger partial charge is 0.539 e. The third kappa shape index (κ3) is 4.85. The van der Waals surface area contributed by atoms with E-state index in [9.17, 15) is 5.11 Å². The van der Waals surface area contributed by atoms with Gasteiger partial charge in [0.05, 0.1) is 35.5 Å². The van der Waals surface area contributed by atoms with Crippen LogP contribution in [-0.4, -0.2) is 49.0 Å². The van der Waals surface area contributed by atoms with E-state index in [0.717, 1.165) is 30.4 Å². The minimum atomic E-state index is -2.20. The highest BCUT2D eigenvalue weighted by Gasteiger charge is 2.43. The number of benzene rings is 2. The van der Waals surface area contributed by atoms with Crippen molar-refractivity contribution in [3.05, 3.63) is 34.9 Å². The number of methoxy groups -OCH3 is 5. The molecule has 3 rings (SSSR count). The Balaban J connectivity index is 2.31. The molecule has 8 heteroatoms. The fraction of sp³-hybridized carbons (Fsp3) is 0.571. The van der Waals surface area contributed by atoms with Crippen LogP contribution in [0.25, 0.3) is 0 Å². The van der Waals surface area contributed by atoms with E-state index in [4.69, 9.17) is 28.1 Å². The molecule has 0 heterocycles. The van der Waals surface area contributed by atoms with Crippen LogP contribution in [0.4, 0.5) is 0 Å². The summed E-state index contributed by atoms with van der Waals surface area (Å²) >= 11 is 0. The monoisotopic (exact) mass is 518 g/mol. The van der Waals surface area contributed by atoms with Gasteiger partial charge in [0.15, 0.2) is 28.7 Å². The van der Waals surface area contributed by atoms with Crippen LogP contribution in [0.15, 0.2) is 18.2 Å². The van der Waals surface area contributed by atoms with Crippen molar-refractivity contribution in [1.29, 1.82) is 0 Å². The summed E-state index contributed by atoms with van der Waals surface area (Å²) in [7, 11) is 5.78. The Labute approximate surface area is 216 Å². The lowest BCUT2D eigenvalue weighted by atomic mass is 9.81. The standard InChI is InChI=1S/C28H42O7Si/c1-27(2,3)36(9,10)35-26-23(32-6)17-20-19(24(26)33-7)13-11-12-14-28(20,29)18-15-21(30-4)25(34-8)22(16-18)31-5/h15-17,29H,11-14H2,1-10H3. The molecule has 0 aromatic heterocycles. The van der Waals surface area contributed by atoms with Gasteiger partial charge in [-0.1, -0.05) is 20.8 Å². The summed E-state index contributed by atoms with van der Waals surface area (Å²) in [4.78, 5) is 0. The number of aliphatic hydroxyl groups is 1. The van der Waals surface area contributed by atoms with Crippen molar-refractivity contribution in [2.45, 2.75) is 70.2 Å². The SMILES string of the molecule is COc1cc(C2(O)CCCCc3c2cc(OC)c(O[Si](C)(C)C(C)(C)C)c3OC)cc(OC)c1OC. The first kappa shape index (κ1) is 28.0. The van der Waals surface area contributed by atoms with Gasteiger partial charge in [-0.05, 0) is 73.1 Å². The van der Waals surface area contributed by atoms with Crippen molar-refractivity contribution in [3.8, 4) is 34.5 Å². The predicted octanol–water partition coefficient (Wildman–Crippen LogP) is 6.08. The third-order valence-electron chi connectivity index (χ3n) is 7.70. The van der Waals surface area contributed by atoms with E-state index in [0.29, 0.717) is 46.5 Å². The Kier molecular flexibility index (Phi) is 8.10. The van der Waals surface area contributed by atoms with E-state index in [1.165, 1.54) is 0 Å². The van der Waals surface area contributed by atoms with Gasteiger partial charge in [0, 0.05) is 5.56 Å². The van der Waals surface area contributed by atoms with Gasteiger partial charge < -0.3 is 33.2 Å². The van der Waals surface area contributed by atoms with Crippen molar-refractivity contribution in [3.63, 3.8) is 0 Å². The molecule has 1 aliphatic carbocycles. The molecule has 0 saturated heterocycles. The molecule has 2 aromatic carbocycles. The second-order valence-electron chi connectivity index (χ2n) is 10.8. The van der Waals surface area contributed by atoms with E-state index < -0.39 is 13.9 Å². The Bertz CT molecular complexity index is 1070. The Morgan fingerprint density at radius 3 is 1.75 bits per heavy atom. The number of fused-ring (bicyclic) bond motifs is 1. The summed E-state index contributed by atoms with van der Waals surface area (Å²) in [6.07, 6.45) is 3.00. The van der Waals surface area contributed by atoms with Gasteiger partial charge in [-0.25, -0.2) is 0 Å². The normalized spacial score (nSPS) is 18.1. The van der Waals surface area contributed by atoms with Crippen molar-refractivity contribution >= 4 is 8.32 Å². The zero-order chi connectivity index (χ0) is 26.9. The van der Waals surface area contributed by atoms with Crippen LogP contribution in [0.5, 0.6) is 34.5 Å². The number of hydrogen-bond donors (Lipinski definition) is 1. The minimum Gasteiger partial charge on any atom is -0.539 e. The third-order valence-corrected chi connectivity index (χ3v) is 12.0. The summed E-state index contributed by atoms with van der Waals surface area (Å²) in [5, 5.41) is 12.4. The highest BCUT2D eigenvalue weighted by molar-refractivity contribution is 6.74. The molecule has 0 spiro atoms. The van der Waals surface area contributed by atoms with Crippen LogP contribution < -0.4 is 28.1 Å². The highest BCUT2D eigenvalue weighted by atomic mass is 28.4. The molecule has 1 unspecified atom stereocenters. The van der Waals surface area contributed by atoms with Gasteiger partial charge >= 0.3 is 0 Å². The molecule has 1 atom stereocenters. The molecular weight excluding hydrogens is 476 g/mol. The average Bonchev–Trinajstić information content (AvgIpc) is 3.00. The van der Waals surface area contributed by atoms with E-state index in [2.05, 4.69) is 33.9 Å². The summed E-state index contributed by atoms with van der Waals surface area (Å²) in [5.74, 6) is 3.24. The molecule has 1 aliphatic rings. The van der Waals surface area contributed by atoms with Gasteiger partial charge in [-0.3, -0.25) is 0 Å². The zero-order valence-corrected chi connectivity index (χ0v) is 24.5. The maximum Gasteiger partial charge on any atom is 0.250 e. The van der Waals surface area contributed by atoms with Gasteiger partial charge in [0.25, 0.3) is 8.32 Å². The predicted molar refractivity (Wildman–Crippen MR) is 144 cm³/mol. The van der Waals surface area contributed by atoms with Crippen molar-refractivity contribution in [2.75, 3.05) is 35.5 Å². The molecule has 1 N–H and O–H groups in total. The van der Waals surface area contributed by atoms with Crippen LogP contribution in [0.3, 0.4) is 0 Å². The summed E-state index contributed by atoms with van der Waals surface area (Å²) in [5.41, 5.74) is 1.00. The molecular formula is C28H42O7Si. The second-order valence-corrected chi connectivity index (χ2v) is 15.5. The Morgan fingerprint density at radius 2 is 1.28 bits per heavy atom. The molecule has 36 heavy (non-hydrogen) atoms. The van der Waals surface area contributed by atoms with Gasteiger partial charge in [0.2, 0.25) is 5.75 Å². The van der Waals surface area contributed by atoms with E-state index in [-0.39, 0.29) is 5.04 Å². The summed E-state index contributed by atoms with van der Waals surface area (Å²) < 4.78 is 35.3. The Hall–Kier alpha value is -2.58. The smallest absolute Gasteiger partial charge is 0.250 e. The maximum absolute atomic E-state index is 12.4. The second kappa shape index (κ2) is 10.4. The van der Waals surface area contributed by atoms with E-state index in [1.54, 1.807) is 35.5 Å². The van der Waals surface area contributed by atoms with Crippen LogP contribution in [-0.2, 0) is 12.0 Å². The number of ether oxygens (including phenoxy) is 5. The topological polar surface area (TPSA) is 75.6 Å².